The van der Waals surface area contributed by atoms with Gasteiger partial charge in [0.05, 0.1) is 5.56 Å². The van der Waals surface area contributed by atoms with Gasteiger partial charge in [0.15, 0.2) is 0 Å². The molecule has 7 nitrogen and oxygen atoms in total. The van der Waals surface area contributed by atoms with Crippen molar-refractivity contribution in [3.8, 4) is 5.75 Å². The maximum atomic E-state index is 12.7. The molecule has 0 saturated heterocycles. The Bertz CT molecular complexity index is 1170. The van der Waals surface area contributed by atoms with Crippen LogP contribution in [0.4, 0.5) is 11.4 Å². The smallest absolute Gasteiger partial charge is 0.255 e. The number of primary amides is 1. The van der Waals surface area contributed by atoms with Crippen molar-refractivity contribution in [2.75, 3.05) is 10.6 Å². The van der Waals surface area contributed by atoms with Gasteiger partial charge in [-0.15, -0.1) is 0 Å². The van der Waals surface area contributed by atoms with E-state index in [0.29, 0.717) is 28.3 Å². The first kappa shape index (κ1) is 21.1. The lowest BCUT2D eigenvalue weighted by atomic mass is 10.1. The number of para-hydroxylation sites is 1. The van der Waals surface area contributed by atoms with Crippen molar-refractivity contribution in [2.24, 2.45) is 11.7 Å². The van der Waals surface area contributed by atoms with Crippen molar-refractivity contribution in [3.63, 3.8) is 0 Å². The molecule has 0 atom stereocenters. The van der Waals surface area contributed by atoms with Gasteiger partial charge in [0.1, 0.15) is 12.4 Å². The van der Waals surface area contributed by atoms with Gasteiger partial charge in [0, 0.05) is 22.9 Å². The van der Waals surface area contributed by atoms with Gasteiger partial charge < -0.3 is 21.1 Å². The Morgan fingerprint density at radius 1 is 0.875 bits per heavy atom. The topological polar surface area (TPSA) is 111 Å². The normalized spacial score (nSPS) is 12.6. The van der Waals surface area contributed by atoms with E-state index in [2.05, 4.69) is 10.6 Å². The summed E-state index contributed by atoms with van der Waals surface area (Å²) in [5.74, 6) is -0.341. The molecular formula is C25H23N3O4. The zero-order valence-corrected chi connectivity index (χ0v) is 17.3. The Balaban J connectivity index is 1.40. The van der Waals surface area contributed by atoms with Crippen LogP contribution in [-0.2, 0) is 11.4 Å². The van der Waals surface area contributed by atoms with E-state index in [1.165, 1.54) is 0 Å². The minimum Gasteiger partial charge on any atom is -0.488 e. The zero-order chi connectivity index (χ0) is 22.5. The van der Waals surface area contributed by atoms with E-state index < -0.39 is 5.91 Å². The van der Waals surface area contributed by atoms with E-state index in [9.17, 15) is 14.4 Å². The molecule has 0 aromatic heterocycles. The fraction of sp³-hybridized carbons (Fsp3) is 0.160. The van der Waals surface area contributed by atoms with Crippen LogP contribution in [0.1, 0.15) is 39.1 Å². The van der Waals surface area contributed by atoms with Crippen molar-refractivity contribution in [2.45, 2.75) is 19.4 Å². The number of anilines is 2. The first-order valence-electron chi connectivity index (χ1n) is 10.3. The summed E-state index contributed by atoms with van der Waals surface area (Å²) in [6.07, 6.45) is 1.85. The summed E-state index contributed by atoms with van der Waals surface area (Å²) in [5, 5.41) is 5.72. The van der Waals surface area contributed by atoms with Crippen molar-refractivity contribution < 1.29 is 19.1 Å². The molecule has 32 heavy (non-hydrogen) atoms. The van der Waals surface area contributed by atoms with E-state index >= 15 is 0 Å². The fourth-order valence-electron chi connectivity index (χ4n) is 3.23. The Hall–Kier alpha value is -4.13. The average molecular weight is 429 g/mol. The third-order valence-electron chi connectivity index (χ3n) is 5.07. The molecule has 7 heteroatoms. The Kier molecular flexibility index (Phi) is 6.17. The highest BCUT2D eigenvalue weighted by Crippen LogP contribution is 2.30. The molecule has 1 saturated carbocycles. The monoisotopic (exact) mass is 429 g/mol. The number of amides is 3. The van der Waals surface area contributed by atoms with Gasteiger partial charge in [-0.1, -0.05) is 30.3 Å². The second-order valence-electron chi connectivity index (χ2n) is 7.65. The predicted octanol–water partition coefficient (Wildman–Crippen LogP) is 3.97. The maximum absolute atomic E-state index is 12.7. The van der Waals surface area contributed by atoms with Gasteiger partial charge in [0.25, 0.3) is 11.8 Å². The maximum Gasteiger partial charge on any atom is 0.255 e. The van der Waals surface area contributed by atoms with Crippen molar-refractivity contribution in [3.05, 3.63) is 89.5 Å². The van der Waals surface area contributed by atoms with Crippen LogP contribution in [0.15, 0.2) is 72.8 Å². The molecule has 3 aromatic rings. The van der Waals surface area contributed by atoms with E-state index in [0.717, 1.165) is 18.4 Å². The van der Waals surface area contributed by atoms with Gasteiger partial charge in [-0.2, -0.15) is 0 Å². The highest BCUT2D eigenvalue weighted by atomic mass is 16.5. The summed E-state index contributed by atoms with van der Waals surface area (Å²) < 4.78 is 5.74. The molecule has 0 radical (unpaired) electrons. The minimum atomic E-state index is -0.565. The molecule has 0 heterocycles. The fourth-order valence-corrected chi connectivity index (χ4v) is 3.23. The number of hydrogen-bond acceptors (Lipinski definition) is 4. The second kappa shape index (κ2) is 9.34. The number of carbonyl (C=O) groups is 3. The third kappa shape index (κ3) is 5.31. The summed E-state index contributed by atoms with van der Waals surface area (Å²) in [5.41, 5.74) is 8.14. The molecule has 0 spiro atoms. The Morgan fingerprint density at radius 3 is 2.34 bits per heavy atom. The molecule has 4 N–H and O–H groups in total. The molecule has 1 aliphatic rings. The van der Waals surface area contributed by atoms with Crippen LogP contribution >= 0.6 is 0 Å². The van der Waals surface area contributed by atoms with Crippen molar-refractivity contribution in [1.82, 2.24) is 0 Å². The molecule has 4 rings (SSSR count). The van der Waals surface area contributed by atoms with Gasteiger partial charge in [-0.3, -0.25) is 14.4 Å². The van der Waals surface area contributed by atoms with Crippen LogP contribution in [0, 0.1) is 5.92 Å². The lowest BCUT2D eigenvalue weighted by Gasteiger charge is -2.11. The predicted molar refractivity (Wildman–Crippen MR) is 121 cm³/mol. The van der Waals surface area contributed by atoms with E-state index in [1.54, 1.807) is 66.7 Å². The Morgan fingerprint density at radius 2 is 1.59 bits per heavy atom. The number of hydrogen-bond donors (Lipinski definition) is 3. The van der Waals surface area contributed by atoms with Crippen molar-refractivity contribution >= 4 is 29.1 Å². The van der Waals surface area contributed by atoms with Gasteiger partial charge in [-0.25, -0.2) is 0 Å². The molecule has 0 aliphatic heterocycles. The van der Waals surface area contributed by atoms with Crippen LogP contribution in [-0.4, -0.2) is 17.7 Å². The van der Waals surface area contributed by atoms with Crippen molar-refractivity contribution in [1.29, 1.82) is 0 Å². The lowest BCUT2D eigenvalue weighted by Crippen LogP contribution is -2.15. The molecule has 1 aliphatic carbocycles. The average Bonchev–Trinajstić information content (AvgIpc) is 3.64. The molecule has 0 unspecified atom stereocenters. The van der Waals surface area contributed by atoms with Gasteiger partial charge in [0.2, 0.25) is 5.91 Å². The number of rotatable bonds is 8. The van der Waals surface area contributed by atoms with E-state index in [-0.39, 0.29) is 24.3 Å². The summed E-state index contributed by atoms with van der Waals surface area (Å²) in [6.45, 7) is 0.175. The van der Waals surface area contributed by atoms with E-state index in [4.69, 9.17) is 10.5 Å². The second-order valence-corrected chi connectivity index (χ2v) is 7.65. The van der Waals surface area contributed by atoms with Crippen LogP contribution in [0.25, 0.3) is 0 Å². The first-order valence-corrected chi connectivity index (χ1v) is 10.3. The van der Waals surface area contributed by atoms with Crippen LogP contribution in [0.5, 0.6) is 5.75 Å². The van der Waals surface area contributed by atoms with Crippen LogP contribution in [0.3, 0.4) is 0 Å². The largest absolute Gasteiger partial charge is 0.488 e. The first-order chi connectivity index (χ1) is 15.5. The third-order valence-corrected chi connectivity index (χ3v) is 5.07. The van der Waals surface area contributed by atoms with Gasteiger partial charge >= 0.3 is 0 Å². The minimum absolute atomic E-state index is 0.0130. The molecule has 3 aromatic carbocycles. The number of nitrogens with two attached hydrogens (primary N) is 1. The standard InChI is InChI=1S/C25H23N3O4/c26-23(29)21-9-1-2-10-22(21)32-15-16-5-3-6-18(13-16)25(31)28-20-8-4-7-19(14-20)27-24(30)17-11-12-17/h1-10,13-14,17H,11-12,15H2,(H2,26,29)(H,27,30)(H,28,31). The van der Waals surface area contributed by atoms with E-state index in [1.807, 2.05) is 6.07 Å². The summed E-state index contributed by atoms with van der Waals surface area (Å²) in [7, 11) is 0. The number of benzene rings is 3. The molecular weight excluding hydrogens is 406 g/mol. The molecule has 1 fully saturated rings. The zero-order valence-electron chi connectivity index (χ0n) is 17.3. The summed E-state index contributed by atoms with van der Waals surface area (Å²) in [4.78, 5) is 36.2. The SMILES string of the molecule is NC(=O)c1ccccc1OCc1cccc(C(=O)Nc2cccc(NC(=O)C3CC3)c2)c1. The van der Waals surface area contributed by atoms with Crippen LogP contribution < -0.4 is 21.1 Å². The quantitative estimate of drug-likeness (QED) is 0.503. The molecule has 162 valence electrons. The highest BCUT2D eigenvalue weighted by Gasteiger charge is 2.29. The number of ether oxygens (including phenoxy) is 1. The Labute approximate surface area is 185 Å². The number of nitrogens with one attached hydrogen (secondary N) is 2. The highest BCUT2D eigenvalue weighted by molar-refractivity contribution is 6.05. The summed E-state index contributed by atoms with van der Waals surface area (Å²) in [6, 6.07) is 20.8. The number of carbonyl (C=O) groups excluding carboxylic acids is 3. The van der Waals surface area contributed by atoms with Crippen LogP contribution in [0.2, 0.25) is 0 Å². The molecule has 0 bridgehead atoms. The summed E-state index contributed by atoms with van der Waals surface area (Å²) >= 11 is 0. The van der Waals surface area contributed by atoms with Gasteiger partial charge in [-0.05, 0) is 60.9 Å². The lowest BCUT2D eigenvalue weighted by molar-refractivity contribution is -0.117. The molecule has 3 amide bonds.